The predicted octanol–water partition coefficient (Wildman–Crippen LogP) is 0.753. The van der Waals surface area contributed by atoms with Crippen LogP contribution in [0, 0.1) is 11.8 Å². The zero-order chi connectivity index (χ0) is 9.26. The van der Waals surface area contributed by atoms with E-state index in [4.69, 9.17) is 4.74 Å². The molecule has 2 fully saturated rings. The third kappa shape index (κ3) is 2.09. The van der Waals surface area contributed by atoms with Gasteiger partial charge in [-0.2, -0.15) is 0 Å². The van der Waals surface area contributed by atoms with Crippen molar-refractivity contribution in [3.8, 4) is 0 Å². The summed E-state index contributed by atoms with van der Waals surface area (Å²) in [6.07, 6.45) is 2.96. The molecule has 0 amide bonds. The van der Waals surface area contributed by atoms with Crippen molar-refractivity contribution in [2.45, 2.75) is 31.8 Å². The van der Waals surface area contributed by atoms with Crippen LogP contribution in [-0.4, -0.2) is 30.2 Å². The fourth-order valence-corrected chi connectivity index (χ4v) is 1.87. The van der Waals surface area contributed by atoms with Gasteiger partial charge in [0, 0.05) is 19.1 Å². The Morgan fingerprint density at radius 2 is 1.85 bits per heavy atom. The normalized spacial score (nSPS) is 27.2. The van der Waals surface area contributed by atoms with Gasteiger partial charge in [0.05, 0.1) is 0 Å². The van der Waals surface area contributed by atoms with Crippen molar-refractivity contribution in [3.05, 3.63) is 0 Å². The van der Waals surface area contributed by atoms with Crippen LogP contribution in [-0.2, 0) is 9.53 Å². The molecule has 3 heteroatoms. The Hall–Kier alpha value is -0.410. The summed E-state index contributed by atoms with van der Waals surface area (Å²) in [6.45, 7) is 1.35. The molecule has 0 aromatic heterocycles. The lowest BCUT2D eigenvalue weighted by molar-refractivity contribution is -0.135. The van der Waals surface area contributed by atoms with Crippen molar-refractivity contribution in [2.24, 2.45) is 11.8 Å². The molecule has 1 heterocycles. The highest BCUT2D eigenvalue weighted by atomic mass is 16.5. The van der Waals surface area contributed by atoms with E-state index in [-0.39, 0.29) is 17.6 Å². The largest absolute Gasteiger partial charge is 0.385 e. The summed E-state index contributed by atoms with van der Waals surface area (Å²) >= 11 is 0. The highest BCUT2D eigenvalue weighted by Gasteiger charge is 2.37. The smallest absolute Gasteiger partial charge is 0.164 e. The number of hydrogen-bond donors (Lipinski definition) is 1. The molecule has 0 aromatic carbocycles. The van der Waals surface area contributed by atoms with Crippen LogP contribution in [0.3, 0.4) is 0 Å². The summed E-state index contributed by atoms with van der Waals surface area (Å²) in [6, 6.07) is 0. The summed E-state index contributed by atoms with van der Waals surface area (Å²) in [5.41, 5.74) is 0. The second-order valence-electron chi connectivity index (χ2n) is 4.07. The first-order chi connectivity index (χ1) is 6.29. The van der Waals surface area contributed by atoms with E-state index in [1.807, 2.05) is 0 Å². The number of ether oxygens (including phenoxy) is 1. The van der Waals surface area contributed by atoms with E-state index < -0.39 is 6.10 Å². The molecule has 0 aromatic rings. The van der Waals surface area contributed by atoms with Crippen LogP contribution in [0.2, 0.25) is 0 Å². The van der Waals surface area contributed by atoms with E-state index in [2.05, 4.69) is 0 Å². The topological polar surface area (TPSA) is 46.5 Å². The molecule has 74 valence electrons. The Kier molecular flexibility index (Phi) is 2.65. The first kappa shape index (κ1) is 9.16. The molecule has 1 saturated heterocycles. The Balaban J connectivity index is 1.86. The van der Waals surface area contributed by atoms with Gasteiger partial charge < -0.3 is 9.84 Å². The van der Waals surface area contributed by atoms with Crippen molar-refractivity contribution in [3.63, 3.8) is 0 Å². The summed E-state index contributed by atoms with van der Waals surface area (Å²) in [5, 5.41) is 9.62. The number of Topliss-reactive ketones (excluding diaryl/α,β-unsaturated/α-hetero) is 1. The van der Waals surface area contributed by atoms with Crippen molar-refractivity contribution in [1.82, 2.24) is 0 Å². The molecule has 13 heavy (non-hydrogen) atoms. The second-order valence-corrected chi connectivity index (χ2v) is 4.07. The fraction of sp³-hybridized carbons (Fsp3) is 0.900. The van der Waals surface area contributed by atoms with Crippen LogP contribution in [0.25, 0.3) is 0 Å². The molecule has 1 N–H and O–H groups in total. The summed E-state index contributed by atoms with van der Waals surface area (Å²) in [4.78, 5) is 11.7. The third-order valence-electron chi connectivity index (χ3n) is 2.98. The van der Waals surface area contributed by atoms with E-state index in [0.29, 0.717) is 13.2 Å². The lowest BCUT2D eigenvalue weighted by Crippen LogP contribution is -2.33. The first-order valence-electron chi connectivity index (χ1n) is 5.08. The number of aliphatic hydroxyl groups is 1. The van der Waals surface area contributed by atoms with Crippen molar-refractivity contribution in [1.29, 1.82) is 0 Å². The molecule has 1 aliphatic carbocycles. The average Bonchev–Trinajstić information content (AvgIpc) is 3.00. The third-order valence-corrected chi connectivity index (χ3v) is 2.98. The van der Waals surface area contributed by atoms with E-state index in [0.717, 1.165) is 25.7 Å². The van der Waals surface area contributed by atoms with Crippen LogP contribution in [0.5, 0.6) is 0 Å². The average molecular weight is 184 g/mol. The Morgan fingerprint density at radius 3 is 2.38 bits per heavy atom. The highest BCUT2D eigenvalue weighted by Crippen LogP contribution is 2.34. The van der Waals surface area contributed by atoms with E-state index in [1.54, 1.807) is 0 Å². The molecule has 2 aliphatic rings. The molecular weight excluding hydrogens is 168 g/mol. The predicted molar refractivity (Wildman–Crippen MR) is 47.3 cm³/mol. The van der Waals surface area contributed by atoms with Gasteiger partial charge in [-0.1, -0.05) is 0 Å². The van der Waals surface area contributed by atoms with Gasteiger partial charge in [-0.3, -0.25) is 4.79 Å². The Bertz CT molecular complexity index is 192. The molecule has 1 aliphatic heterocycles. The van der Waals surface area contributed by atoms with Gasteiger partial charge in [-0.25, -0.2) is 0 Å². The Labute approximate surface area is 78.1 Å². The molecule has 0 spiro atoms. The number of ketones is 1. The van der Waals surface area contributed by atoms with Crippen molar-refractivity contribution >= 4 is 5.78 Å². The number of aliphatic hydroxyl groups excluding tert-OH is 1. The molecule has 0 bridgehead atoms. The summed E-state index contributed by atoms with van der Waals surface area (Å²) in [7, 11) is 0. The SMILES string of the molecule is O=C(C1CCOCC1)C(O)C1CC1. The quantitative estimate of drug-likeness (QED) is 0.704. The van der Waals surface area contributed by atoms with Crippen LogP contribution >= 0.6 is 0 Å². The minimum Gasteiger partial charge on any atom is -0.385 e. The van der Waals surface area contributed by atoms with Gasteiger partial charge >= 0.3 is 0 Å². The molecule has 1 saturated carbocycles. The van der Waals surface area contributed by atoms with Crippen LogP contribution in [0.15, 0.2) is 0 Å². The minimum atomic E-state index is -0.678. The van der Waals surface area contributed by atoms with Crippen LogP contribution in [0.1, 0.15) is 25.7 Å². The zero-order valence-corrected chi connectivity index (χ0v) is 7.74. The molecule has 3 nitrogen and oxygen atoms in total. The number of hydrogen-bond acceptors (Lipinski definition) is 3. The van der Waals surface area contributed by atoms with Gasteiger partial charge in [-0.05, 0) is 31.6 Å². The first-order valence-corrected chi connectivity index (χ1v) is 5.08. The lowest BCUT2D eigenvalue weighted by atomic mass is 9.91. The van der Waals surface area contributed by atoms with E-state index >= 15 is 0 Å². The molecule has 1 unspecified atom stereocenters. The summed E-state index contributed by atoms with van der Waals surface area (Å²) in [5.74, 6) is 0.394. The van der Waals surface area contributed by atoms with Crippen LogP contribution < -0.4 is 0 Å². The molecule has 0 radical (unpaired) electrons. The van der Waals surface area contributed by atoms with E-state index in [1.165, 1.54) is 0 Å². The minimum absolute atomic E-state index is 0.0596. The van der Waals surface area contributed by atoms with Gasteiger partial charge in [0.25, 0.3) is 0 Å². The molecular formula is C10H16O3. The standard InChI is InChI=1S/C10H16O3/c11-9(7-1-2-7)10(12)8-3-5-13-6-4-8/h7-9,11H,1-6H2. The maximum atomic E-state index is 11.7. The monoisotopic (exact) mass is 184 g/mol. The van der Waals surface area contributed by atoms with Gasteiger partial charge in [0.15, 0.2) is 5.78 Å². The molecule has 2 rings (SSSR count). The maximum Gasteiger partial charge on any atom is 0.164 e. The molecule has 1 atom stereocenters. The highest BCUT2D eigenvalue weighted by molar-refractivity contribution is 5.85. The van der Waals surface area contributed by atoms with Gasteiger partial charge in [0.2, 0.25) is 0 Å². The number of rotatable bonds is 3. The van der Waals surface area contributed by atoms with Gasteiger partial charge in [-0.15, -0.1) is 0 Å². The Morgan fingerprint density at radius 1 is 1.23 bits per heavy atom. The maximum absolute atomic E-state index is 11.7. The van der Waals surface area contributed by atoms with Gasteiger partial charge in [0.1, 0.15) is 6.10 Å². The number of carbonyl (C=O) groups is 1. The number of carbonyl (C=O) groups excluding carboxylic acids is 1. The lowest BCUT2D eigenvalue weighted by Gasteiger charge is -2.22. The van der Waals surface area contributed by atoms with Crippen molar-refractivity contribution in [2.75, 3.05) is 13.2 Å². The van der Waals surface area contributed by atoms with Crippen LogP contribution in [0.4, 0.5) is 0 Å². The fourth-order valence-electron chi connectivity index (χ4n) is 1.87. The zero-order valence-electron chi connectivity index (χ0n) is 7.74. The van der Waals surface area contributed by atoms with E-state index in [9.17, 15) is 9.90 Å². The second kappa shape index (κ2) is 3.76. The summed E-state index contributed by atoms with van der Waals surface area (Å²) < 4.78 is 5.17. The van der Waals surface area contributed by atoms with Crippen molar-refractivity contribution < 1.29 is 14.6 Å².